The fourth-order valence-corrected chi connectivity index (χ4v) is 3.39. The second kappa shape index (κ2) is 4.92. The second-order valence-electron chi connectivity index (χ2n) is 5.20. The molecule has 0 spiro atoms. The molecule has 2 fully saturated rings. The van der Waals surface area contributed by atoms with E-state index in [1.54, 1.807) is 20.8 Å². The Bertz CT molecular complexity index is 499. The standard InChI is InChI=1S/C11H18O8S/c1-5-15-9(12)11(4)8(18-20(13,14)19-11)7-6-16-10(2,3)17-7/h7-8H,5-6H2,1-4H3/t7-,8+,11-/m1/s1. The third kappa shape index (κ3) is 2.82. The molecular formula is C11H18O8S. The van der Waals surface area contributed by atoms with Gasteiger partial charge >= 0.3 is 16.4 Å². The van der Waals surface area contributed by atoms with Gasteiger partial charge in [0, 0.05) is 0 Å². The van der Waals surface area contributed by atoms with Gasteiger partial charge in [0.05, 0.1) is 13.2 Å². The number of hydrogen-bond acceptors (Lipinski definition) is 8. The highest BCUT2D eigenvalue weighted by Crippen LogP contribution is 2.38. The van der Waals surface area contributed by atoms with Crippen LogP contribution in [-0.2, 0) is 37.8 Å². The van der Waals surface area contributed by atoms with E-state index in [9.17, 15) is 13.2 Å². The van der Waals surface area contributed by atoms with Crippen LogP contribution in [0.2, 0.25) is 0 Å². The maximum absolute atomic E-state index is 12.0. The summed E-state index contributed by atoms with van der Waals surface area (Å²) in [6.07, 6.45) is -1.91. The van der Waals surface area contributed by atoms with Gasteiger partial charge in [-0.25, -0.2) is 13.2 Å². The smallest absolute Gasteiger partial charge is 0.401 e. The van der Waals surface area contributed by atoms with Crippen molar-refractivity contribution in [3.8, 4) is 0 Å². The minimum absolute atomic E-state index is 0.0888. The van der Waals surface area contributed by atoms with Crippen LogP contribution in [0.4, 0.5) is 0 Å². The molecule has 20 heavy (non-hydrogen) atoms. The highest BCUT2D eigenvalue weighted by molar-refractivity contribution is 7.82. The maximum atomic E-state index is 12.0. The van der Waals surface area contributed by atoms with Gasteiger partial charge in [0.2, 0.25) is 5.60 Å². The Morgan fingerprint density at radius 3 is 2.50 bits per heavy atom. The molecule has 0 radical (unpaired) electrons. The average Bonchev–Trinajstić information content (AvgIpc) is 2.77. The lowest BCUT2D eigenvalue weighted by Crippen LogP contribution is -2.52. The van der Waals surface area contributed by atoms with Gasteiger partial charge in [0.25, 0.3) is 0 Å². The second-order valence-corrected chi connectivity index (χ2v) is 6.38. The first-order valence-corrected chi connectivity index (χ1v) is 7.56. The lowest BCUT2D eigenvalue weighted by molar-refractivity contribution is -0.175. The molecule has 2 heterocycles. The van der Waals surface area contributed by atoms with E-state index in [1.807, 2.05) is 0 Å². The molecule has 0 saturated carbocycles. The molecule has 8 nitrogen and oxygen atoms in total. The maximum Gasteiger partial charge on any atom is 0.401 e. The Hall–Kier alpha value is -0.740. The van der Waals surface area contributed by atoms with Crippen LogP contribution >= 0.6 is 0 Å². The van der Waals surface area contributed by atoms with Crippen LogP contribution in [0, 0.1) is 0 Å². The van der Waals surface area contributed by atoms with E-state index in [0.29, 0.717) is 0 Å². The van der Waals surface area contributed by atoms with Gasteiger partial charge in [-0.05, 0) is 27.7 Å². The van der Waals surface area contributed by atoms with Crippen molar-refractivity contribution < 1.29 is 35.8 Å². The third-order valence-electron chi connectivity index (χ3n) is 3.09. The Morgan fingerprint density at radius 1 is 1.35 bits per heavy atom. The molecule has 0 aromatic heterocycles. The van der Waals surface area contributed by atoms with E-state index in [0.717, 1.165) is 0 Å². The molecule has 2 aliphatic rings. The summed E-state index contributed by atoms with van der Waals surface area (Å²) >= 11 is 0. The topological polar surface area (TPSA) is 97.4 Å². The number of ether oxygens (including phenoxy) is 3. The van der Waals surface area contributed by atoms with E-state index in [2.05, 4.69) is 0 Å². The van der Waals surface area contributed by atoms with Crippen LogP contribution in [0.1, 0.15) is 27.7 Å². The van der Waals surface area contributed by atoms with Crippen molar-refractivity contribution >= 4 is 16.4 Å². The lowest BCUT2D eigenvalue weighted by Gasteiger charge is -2.27. The fraction of sp³-hybridized carbons (Fsp3) is 0.909. The molecule has 9 heteroatoms. The van der Waals surface area contributed by atoms with Crippen molar-refractivity contribution in [2.45, 2.75) is 51.3 Å². The lowest BCUT2D eigenvalue weighted by atomic mass is 9.95. The van der Waals surface area contributed by atoms with Gasteiger partial charge < -0.3 is 14.2 Å². The van der Waals surface area contributed by atoms with Gasteiger partial charge in [-0.3, -0.25) is 0 Å². The quantitative estimate of drug-likeness (QED) is 0.678. The molecule has 0 unspecified atom stereocenters. The van der Waals surface area contributed by atoms with Crippen LogP contribution in [0.25, 0.3) is 0 Å². The normalized spacial score (nSPS) is 38.8. The highest BCUT2D eigenvalue weighted by atomic mass is 32.3. The van der Waals surface area contributed by atoms with Gasteiger partial charge in [0.15, 0.2) is 5.79 Å². The molecule has 116 valence electrons. The van der Waals surface area contributed by atoms with Crippen molar-refractivity contribution in [2.24, 2.45) is 0 Å². The fourth-order valence-electron chi connectivity index (χ4n) is 2.20. The van der Waals surface area contributed by atoms with Crippen LogP contribution < -0.4 is 0 Å². The minimum Gasteiger partial charge on any atom is -0.464 e. The van der Waals surface area contributed by atoms with E-state index in [-0.39, 0.29) is 13.2 Å². The van der Waals surface area contributed by atoms with Crippen molar-refractivity contribution in [2.75, 3.05) is 13.2 Å². The molecule has 0 N–H and O–H groups in total. The zero-order valence-corrected chi connectivity index (χ0v) is 12.6. The van der Waals surface area contributed by atoms with Gasteiger partial charge in [-0.2, -0.15) is 8.42 Å². The van der Waals surface area contributed by atoms with Gasteiger partial charge in [-0.1, -0.05) is 0 Å². The average molecular weight is 310 g/mol. The number of hydrogen-bond donors (Lipinski definition) is 0. The molecule has 0 aromatic rings. The summed E-state index contributed by atoms with van der Waals surface area (Å²) in [6, 6.07) is 0. The van der Waals surface area contributed by atoms with Gasteiger partial charge in [0.1, 0.15) is 12.2 Å². The molecule has 0 bridgehead atoms. The number of rotatable bonds is 3. The Balaban J connectivity index is 2.27. The monoisotopic (exact) mass is 310 g/mol. The molecule has 2 saturated heterocycles. The summed E-state index contributed by atoms with van der Waals surface area (Å²) in [5, 5.41) is 0. The highest BCUT2D eigenvalue weighted by Gasteiger charge is 2.61. The van der Waals surface area contributed by atoms with Crippen LogP contribution in [0.15, 0.2) is 0 Å². The van der Waals surface area contributed by atoms with E-state index in [4.69, 9.17) is 22.6 Å². The predicted molar refractivity (Wildman–Crippen MR) is 64.8 cm³/mol. The van der Waals surface area contributed by atoms with E-state index in [1.165, 1.54) is 6.92 Å². The molecule has 0 amide bonds. The number of esters is 1. The third-order valence-corrected chi connectivity index (χ3v) is 4.08. The van der Waals surface area contributed by atoms with Crippen molar-refractivity contribution in [1.29, 1.82) is 0 Å². The summed E-state index contributed by atoms with van der Waals surface area (Å²) in [5.41, 5.74) is -1.79. The van der Waals surface area contributed by atoms with Crippen molar-refractivity contribution in [1.82, 2.24) is 0 Å². The molecular weight excluding hydrogens is 292 g/mol. The van der Waals surface area contributed by atoms with Crippen molar-refractivity contribution in [3.05, 3.63) is 0 Å². The molecule has 2 aliphatic heterocycles. The zero-order chi connectivity index (χ0) is 15.2. The first-order chi connectivity index (χ1) is 9.10. The SMILES string of the molecule is CCOC(=O)[C@]1(C)OS(=O)(=O)O[C@H]1[C@H]1COC(C)(C)O1. The first kappa shape index (κ1) is 15.6. The summed E-state index contributed by atoms with van der Waals surface area (Å²) in [6.45, 7) is 6.45. The largest absolute Gasteiger partial charge is 0.464 e. The first-order valence-electron chi connectivity index (χ1n) is 6.22. The number of carbonyl (C=O) groups is 1. The molecule has 2 rings (SSSR count). The van der Waals surface area contributed by atoms with Gasteiger partial charge in [-0.15, -0.1) is 0 Å². The molecule has 3 atom stereocenters. The van der Waals surface area contributed by atoms with E-state index < -0.39 is 40.0 Å². The van der Waals surface area contributed by atoms with E-state index >= 15 is 0 Å². The molecule has 0 aliphatic carbocycles. The van der Waals surface area contributed by atoms with Crippen LogP contribution in [0.5, 0.6) is 0 Å². The Morgan fingerprint density at radius 2 is 2.00 bits per heavy atom. The molecule has 0 aromatic carbocycles. The summed E-state index contributed by atoms with van der Waals surface area (Å²) in [7, 11) is -4.28. The predicted octanol–water partition coefficient (Wildman–Crippen LogP) is 0.120. The van der Waals surface area contributed by atoms with Crippen LogP contribution in [-0.4, -0.2) is 51.2 Å². The van der Waals surface area contributed by atoms with Crippen LogP contribution in [0.3, 0.4) is 0 Å². The summed E-state index contributed by atoms with van der Waals surface area (Å²) < 4.78 is 48.5. The van der Waals surface area contributed by atoms with Crippen molar-refractivity contribution in [3.63, 3.8) is 0 Å². The number of carbonyl (C=O) groups excluding carboxylic acids is 1. The summed E-state index contributed by atoms with van der Waals surface area (Å²) in [5.74, 6) is -1.70. The Kier molecular flexibility index (Phi) is 3.85. The minimum atomic E-state index is -4.28. The Labute approximate surface area is 117 Å². The zero-order valence-electron chi connectivity index (χ0n) is 11.7. The summed E-state index contributed by atoms with van der Waals surface area (Å²) in [4.78, 5) is 12.0.